The van der Waals surface area contributed by atoms with Gasteiger partial charge < -0.3 is 15.5 Å². The third kappa shape index (κ3) is 7.83. The molecular weight excluding hydrogens is 388 g/mol. The van der Waals surface area contributed by atoms with E-state index in [9.17, 15) is 9.59 Å². The lowest BCUT2D eigenvalue weighted by atomic mass is 10.1. The van der Waals surface area contributed by atoms with Gasteiger partial charge in [-0.15, -0.1) is 0 Å². The lowest BCUT2D eigenvalue weighted by molar-refractivity contribution is -0.134. The summed E-state index contributed by atoms with van der Waals surface area (Å²) in [5, 5.41) is 19.1. The summed E-state index contributed by atoms with van der Waals surface area (Å²) >= 11 is 1.83. The molecule has 0 saturated carbocycles. The summed E-state index contributed by atoms with van der Waals surface area (Å²) in [7, 11) is 0. The second-order valence-corrected chi connectivity index (χ2v) is 7.78. The summed E-state index contributed by atoms with van der Waals surface area (Å²) in [6, 6.07) is 17.0. The number of nitrogens with zero attached hydrogens (tertiary/aromatic N) is 1. The van der Waals surface area contributed by atoms with Crippen molar-refractivity contribution in [3.05, 3.63) is 66.2 Å². The predicted molar refractivity (Wildman–Crippen MR) is 116 cm³/mol. The highest BCUT2D eigenvalue weighted by Gasteiger charge is 2.14. The van der Waals surface area contributed by atoms with Gasteiger partial charge in [-0.1, -0.05) is 55.9 Å². The second-order valence-electron chi connectivity index (χ2n) is 6.70. The first-order valence-electron chi connectivity index (χ1n) is 9.14. The number of para-hydroxylation sites is 1. The fourth-order valence-electron chi connectivity index (χ4n) is 2.44. The second kappa shape index (κ2) is 11.1. The highest BCUT2D eigenvalue weighted by atomic mass is 32.2. The Bertz CT molecular complexity index is 857. The minimum Gasteiger partial charge on any atom is -0.478 e. The van der Waals surface area contributed by atoms with Crippen LogP contribution in [-0.4, -0.2) is 34.5 Å². The van der Waals surface area contributed by atoms with Crippen molar-refractivity contribution in [2.75, 3.05) is 11.9 Å². The first-order chi connectivity index (χ1) is 13.8. The van der Waals surface area contributed by atoms with E-state index in [1.807, 2.05) is 11.8 Å². The van der Waals surface area contributed by atoms with Crippen molar-refractivity contribution in [1.82, 2.24) is 0 Å². The van der Waals surface area contributed by atoms with Gasteiger partial charge in [0.05, 0.1) is 5.69 Å². The molecule has 2 aromatic carbocycles. The fourth-order valence-corrected chi connectivity index (χ4v) is 3.47. The molecule has 0 bridgehead atoms. The zero-order chi connectivity index (χ0) is 21.2. The van der Waals surface area contributed by atoms with E-state index in [1.54, 1.807) is 0 Å². The van der Waals surface area contributed by atoms with Crippen molar-refractivity contribution in [3.8, 4) is 0 Å². The number of carboxylic acid groups (broad SMARTS) is 2. The highest BCUT2D eigenvalue weighted by Crippen LogP contribution is 2.37. The molecule has 0 fully saturated rings. The Morgan fingerprint density at radius 3 is 2.24 bits per heavy atom. The molecule has 0 radical (unpaired) electrons. The summed E-state index contributed by atoms with van der Waals surface area (Å²) in [6.45, 7) is 5.26. The van der Waals surface area contributed by atoms with Gasteiger partial charge in [0.2, 0.25) is 0 Å². The van der Waals surface area contributed by atoms with Gasteiger partial charge in [0.1, 0.15) is 5.84 Å². The van der Waals surface area contributed by atoms with E-state index in [0.29, 0.717) is 18.1 Å². The molecule has 0 aliphatic carbocycles. The molecule has 0 atom stereocenters. The SMILES string of the molecule is CC(C)CN=C1Cc2ccccc2Sc2ccccc2N1.O=C(O)/C=C\C(=O)O. The fraction of sp³-hybridized carbons (Fsp3) is 0.227. The van der Waals surface area contributed by atoms with Crippen LogP contribution in [-0.2, 0) is 16.0 Å². The van der Waals surface area contributed by atoms with E-state index in [4.69, 9.17) is 15.2 Å². The number of nitrogens with one attached hydrogen (secondary N) is 1. The molecule has 0 aromatic heterocycles. The van der Waals surface area contributed by atoms with Crippen molar-refractivity contribution in [2.24, 2.45) is 10.9 Å². The summed E-state index contributed by atoms with van der Waals surface area (Å²) < 4.78 is 0. The normalized spacial score (nSPS) is 14.1. The van der Waals surface area contributed by atoms with Crippen LogP contribution in [0.5, 0.6) is 0 Å². The van der Waals surface area contributed by atoms with Gasteiger partial charge >= 0.3 is 11.9 Å². The average Bonchev–Trinajstić information content (AvgIpc) is 2.66. The maximum Gasteiger partial charge on any atom is 0.328 e. The number of fused-ring (bicyclic) bond motifs is 2. The molecule has 152 valence electrons. The molecule has 0 unspecified atom stereocenters. The Morgan fingerprint density at radius 1 is 1.03 bits per heavy atom. The van der Waals surface area contributed by atoms with Crippen LogP contribution < -0.4 is 5.32 Å². The first-order valence-corrected chi connectivity index (χ1v) is 9.96. The molecule has 0 amide bonds. The number of carbonyl (C=O) groups is 2. The standard InChI is InChI=1S/C18H20N2S.C4H4O4/c1-13(2)12-19-18-11-14-7-3-5-9-16(14)21-17-10-6-4-8-15(17)20-18;5-3(6)1-2-4(7)8/h3-10,13H,11-12H2,1-2H3,(H,19,20);1-2H,(H,5,6)(H,7,8)/b;2-1-. The maximum atomic E-state index is 9.55. The third-order valence-electron chi connectivity index (χ3n) is 3.73. The number of hydrogen-bond acceptors (Lipinski definition) is 4. The van der Waals surface area contributed by atoms with E-state index < -0.39 is 11.9 Å². The Kier molecular flexibility index (Phi) is 8.48. The molecule has 0 saturated heterocycles. The predicted octanol–water partition coefficient (Wildman–Crippen LogP) is 4.57. The lowest BCUT2D eigenvalue weighted by Crippen LogP contribution is -2.19. The van der Waals surface area contributed by atoms with Crippen LogP contribution >= 0.6 is 11.8 Å². The summed E-state index contributed by atoms with van der Waals surface area (Å²) in [5.41, 5.74) is 2.49. The van der Waals surface area contributed by atoms with Gasteiger partial charge in [0.15, 0.2) is 0 Å². The number of carboxylic acids is 2. The molecule has 0 spiro atoms. The van der Waals surface area contributed by atoms with E-state index in [-0.39, 0.29) is 0 Å². The van der Waals surface area contributed by atoms with Gasteiger partial charge in [0, 0.05) is 34.9 Å². The average molecular weight is 413 g/mol. The lowest BCUT2D eigenvalue weighted by Gasteiger charge is -2.20. The van der Waals surface area contributed by atoms with Gasteiger partial charge in [-0.05, 0) is 29.7 Å². The summed E-state index contributed by atoms with van der Waals surface area (Å²) in [4.78, 5) is 26.5. The maximum absolute atomic E-state index is 9.55. The third-order valence-corrected chi connectivity index (χ3v) is 4.93. The molecule has 1 heterocycles. The van der Waals surface area contributed by atoms with Gasteiger partial charge in [-0.25, -0.2) is 9.59 Å². The number of aliphatic imine (C=N–C) groups is 1. The van der Waals surface area contributed by atoms with Crippen molar-refractivity contribution < 1.29 is 19.8 Å². The molecule has 29 heavy (non-hydrogen) atoms. The van der Waals surface area contributed by atoms with E-state index >= 15 is 0 Å². The summed E-state index contributed by atoms with van der Waals surface area (Å²) in [5.74, 6) is -0.881. The molecule has 2 aromatic rings. The van der Waals surface area contributed by atoms with Crippen molar-refractivity contribution >= 4 is 35.2 Å². The quantitative estimate of drug-likeness (QED) is 0.636. The van der Waals surface area contributed by atoms with Crippen molar-refractivity contribution in [3.63, 3.8) is 0 Å². The monoisotopic (exact) mass is 412 g/mol. The first kappa shape index (κ1) is 22.2. The Hall–Kier alpha value is -3.06. The number of amidine groups is 1. The van der Waals surface area contributed by atoms with E-state index in [1.165, 1.54) is 15.4 Å². The highest BCUT2D eigenvalue weighted by molar-refractivity contribution is 7.99. The van der Waals surface area contributed by atoms with Gasteiger partial charge in [-0.3, -0.25) is 4.99 Å². The molecule has 3 rings (SSSR count). The Balaban J connectivity index is 0.000000321. The van der Waals surface area contributed by atoms with Crippen LogP contribution in [0, 0.1) is 5.92 Å². The van der Waals surface area contributed by atoms with E-state index in [2.05, 4.69) is 67.7 Å². The van der Waals surface area contributed by atoms with Gasteiger partial charge in [-0.2, -0.15) is 0 Å². The topological polar surface area (TPSA) is 99.0 Å². The van der Waals surface area contributed by atoms with Crippen LogP contribution in [0.1, 0.15) is 19.4 Å². The molecule has 6 nitrogen and oxygen atoms in total. The Labute approximate surface area is 174 Å². The number of hydrogen-bond donors (Lipinski definition) is 3. The molecule has 1 aliphatic heterocycles. The zero-order valence-corrected chi connectivity index (χ0v) is 17.1. The van der Waals surface area contributed by atoms with Crippen LogP contribution in [0.2, 0.25) is 0 Å². The van der Waals surface area contributed by atoms with E-state index in [0.717, 1.165) is 24.5 Å². The number of aliphatic carboxylic acids is 2. The molecule has 3 N–H and O–H groups in total. The van der Waals surface area contributed by atoms with Crippen LogP contribution in [0.3, 0.4) is 0 Å². The smallest absolute Gasteiger partial charge is 0.328 e. The molecular formula is C22H24N2O4S. The number of rotatable bonds is 4. The molecule has 1 aliphatic rings. The summed E-state index contributed by atoms with van der Waals surface area (Å²) in [6.07, 6.45) is 1.98. The zero-order valence-electron chi connectivity index (χ0n) is 16.3. The number of benzene rings is 2. The molecule has 7 heteroatoms. The van der Waals surface area contributed by atoms with Crippen molar-refractivity contribution in [2.45, 2.75) is 30.1 Å². The number of anilines is 1. The van der Waals surface area contributed by atoms with Crippen molar-refractivity contribution in [1.29, 1.82) is 0 Å². The van der Waals surface area contributed by atoms with Crippen LogP contribution in [0.25, 0.3) is 0 Å². The largest absolute Gasteiger partial charge is 0.478 e. The Morgan fingerprint density at radius 2 is 1.62 bits per heavy atom. The minimum absolute atomic E-state index is 0.558. The van der Waals surface area contributed by atoms with Crippen LogP contribution in [0.15, 0.2) is 75.5 Å². The van der Waals surface area contributed by atoms with Crippen LogP contribution in [0.4, 0.5) is 5.69 Å². The minimum atomic E-state index is -1.26. The van der Waals surface area contributed by atoms with Gasteiger partial charge in [0.25, 0.3) is 0 Å².